The average Bonchev–Trinajstić information content (AvgIpc) is 2.89. The molecule has 0 saturated carbocycles. The SMILES string of the molecule is CC(=O)NCc1ccc(C(=O)OCc2nnc(C)o2)cc1. The van der Waals surface area contributed by atoms with E-state index in [4.69, 9.17) is 9.15 Å². The second-order valence-electron chi connectivity index (χ2n) is 4.40. The quantitative estimate of drug-likeness (QED) is 0.835. The Hall–Kier alpha value is -2.70. The zero-order valence-corrected chi connectivity index (χ0v) is 11.8. The summed E-state index contributed by atoms with van der Waals surface area (Å²) in [6.45, 7) is 3.47. The molecule has 0 aliphatic rings. The minimum Gasteiger partial charge on any atom is -0.452 e. The Labute approximate surface area is 121 Å². The highest BCUT2D eigenvalue weighted by Gasteiger charge is 2.10. The van der Waals surface area contributed by atoms with Gasteiger partial charge in [-0.1, -0.05) is 12.1 Å². The van der Waals surface area contributed by atoms with Crippen LogP contribution < -0.4 is 5.32 Å². The lowest BCUT2D eigenvalue weighted by Crippen LogP contribution is -2.18. The van der Waals surface area contributed by atoms with Crippen LogP contribution >= 0.6 is 0 Å². The highest BCUT2D eigenvalue weighted by molar-refractivity contribution is 5.89. The molecule has 1 N–H and O–H groups in total. The molecular weight excluding hydrogens is 274 g/mol. The first-order chi connectivity index (χ1) is 10.0. The van der Waals surface area contributed by atoms with Crippen LogP contribution in [-0.4, -0.2) is 22.1 Å². The fourth-order valence-electron chi connectivity index (χ4n) is 1.59. The summed E-state index contributed by atoms with van der Waals surface area (Å²) in [6, 6.07) is 6.78. The van der Waals surface area contributed by atoms with Crippen molar-refractivity contribution < 1.29 is 18.7 Å². The van der Waals surface area contributed by atoms with Gasteiger partial charge in [-0.3, -0.25) is 4.79 Å². The molecule has 0 spiro atoms. The lowest BCUT2D eigenvalue weighted by molar-refractivity contribution is -0.119. The Kier molecular flexibility index (Phi) is 4.65. The summed E-state index contributed by atoms with van der Waals surface area (Å²) >= 11 is 0. The van der Waals surface area contributed by atoms with Gasteiger partial charge in [0, 0.05) is 20.4 Å². The number of carbonyl (C=O) groups is 2. The second-order valence-corrected chi connectivity index (χ2v) is 4.40. The van der Waals surface area contributed by atoms with Crippen LogP contribution in [0.3, 0.4) is 0 Å². The zero-order valence-electron chi connectivity index (χ0n) is 11.8. The monoisotopic (exact) mass is 289 g/mol. The number of aryl methyl sites for hydroxylation is 1. The molecule has 0 bridgehead atoms. The maximum atomic E-state index is 11.8. The van der Waals surface area contributed by atoms with E-state index in [1.165, 1.54) is 6.92 Å². The number of carbonyl (C=O) groups excluding carboxylic acids is 2. The molecular formula is C14H15N3O4. The van der Waals surface area contributed by atoms with Crippen LogP contribution in [0.5, 0.6) is 0 Å². The van der Waals surface area contributed by atoms with Gasteiger partial charge in [0.2, 0.25) is 11.8 Å². The maximum absolute atomic E-state index is 11.8. The molecule has 0 saturated heterocycles. The normalized spacial score (nSPS) is 10.2. The largest absolute Gasteiger partial charge is 0.452 e. The summed E-state index contributed by atoms with van der Waals surface area (Å²) in [4.78, 5) is 22.6. The fourth-order valence-corrected chi connectivity index (χ4v) is 1.59. The number of benzene rings is 1. The van der Waals surface area contributed by atoms with Crippen LogP contribution in [0.1, 0.15) is 34.6 Å². The molecule has 0 unspecified atom stereocenters. The van der Waals surface area contributed by atoms with E-state index < -0.39 is 5.97 Å². The predicted octanol–water partition coefficient (Wildman–Crippen LogP) is 1.37. The van der Waals surface area contributed by atoms with Gasteiger partial charge in [0.25, 0.3) is 5.89 Å². The lowest BCUT2D eigenvalue weighted by atomic mass is 10.1. The van der Waals surface area contributed by atoms with Crippen LogP contribution in [0.15, 0.2) is 28.7 Å². The van der Waals surface area contributed by atoms with Crippen molar-refractivity contribution >= 4 is 11.9 Å². The topological polar surface area (TPSA) is 94.3 Å². The Morgan fingerprint density at radius 3 is 2.52 bits per heavy atom. The summed E-state index contributed by atoms with van der Waals surface area (Å²) in [5.41, 5.74) is 1.31. The Morgan fingerprint density at radius 2 is 1.95 bits per heavy atom. The third-order valence-corrected chi connectivity index (χ3v) is 2.63. The maximum Gasteiger partial charge on any atom is 0.338 e. The van der Waals surface area contributed by atoms with E-state index in [1.807, 2.05) is 0 Å². The molecule has 0 fully saturated rings. The zero-order chi connectivity index (χ0) is 15.2. The summed E-state index contributed by atoms with van der Waals surface area (Å²) in [5, 5.41) is 10.1. The number of ether oxygens (including phenoxy) is 1. The molecule has 0 aliphatic heterocycles. The minimum atomic E-state index is -0.475. The number of hydrogen-bond donors (Lipinski definition) is 1. The first kappa shape index (κ1) is 14.7. The number of aromatic nitrogens is 2. The molecule has 7 nitrogen and oxygen atoms in total. The summed E-state index contributed by atoms with van der Waals surface area (Å²) in [6.07, 6.45) is 0. The van der Waals surface area contributed by atoms with E-state index in [0.29, 0.717) is 18.0 Å². The van der Waals surface area contributed by atoms with Crippen molar-refractivity contribution in [3.8, 4) is 0 Å². The molecule has 0 atom stereocenters. The Bertz CT molecular complexity index is 634. The number of nitrogens with zero attached hydrogens (tertiary/aromatic N) is 2. The van der Waals surface area contributed by atoms with Crippen LogP contribution in [-0.2, 0) is 22.7 Å². The van der Waals surface area contributed by atoms with E-state index in [2.05, 4.69) is 15.5 Å². The minimum absolute atomic E-state index is 0.0622. The number of esters is 1. The first-order valence-electron chi connectivity index (χ1n) is 6.34. The van der Waals surface area contributed by atoms with Crippen molar-refractivity contribution in [3.63, 3.8) is 0 Å². The number of nitrogens with one attached hydrogen (secondary N) is 1. The fraction of sp³-hybridized carbons (Fsp3) is 0.286. The Balaban J connectivity index is 1.88. The van der Waals surface area contributed by atoms with Gasteiger partial charge in [0.1, 0.15) is 0 Å². The molecule has 1 aromatic carbocycles. The van der Waals surface area contributed by atoms with Gasteiger partial charge < -0.3 is 14.5 Å². The molecule has 0 radical (unpaired) electrons. The van der Waals surface area contributed by atoms with E-state index >= 15 is 0 Å². The van der Waals surface area contributed by atoms with Gasteiger partial charge in [0.05, 0.1) is 5.56 Å². The molecule has 110 valence electrons. The van der Waals surface area contributed by atoms with Crippen molar-refractivity contribution in [3.05, 3.63) is 47.2 Å². The van der Waals surface area contributed by atoms with E-state index in [-0.39, 0.29) is 18.4 Å². The highest BCUT2D eigenvalue weighted by Crippen LogP contribution is 2.08. The summed E-state index contributed by atoms with van der Waals surface area (Å²) < 4.78 is 10.2. The van der Waals surface area contributed by atoms with Gasteiger partial charge in [0.15, 0.2) is 6.61 Å². The van der Waals surface area contributed by atoms with Crippen LogP contribution in [0.25, 0.3) is 0 Å². The van der Waals surface area contributed by atoms with Crippen molar-refractivity contribution in [2.75, 3.05) is 0 Å². The third-order valence-electron chi connectivity index (χ3n) is 2.63. The smallest absolute Gasteiger partial charge is 0.338 e. The third kappa shape index (κ3) is 4.41. The molecule has 1 heterocycles. The lowest BCUT2D eigenvalue weighted by Gasteiger charge is -2.05. The highest BCUT2D eigenvalue weighted by atomic mass is 16.5. The number of hydrogen-bond acceptors (Lipinski definition) is 6. The van der Waals surface area contributed by atoms with Gasteiger partial charge >= 0.3 is 5.97 Å². The van der Waals surface area contributed by atoms with E-state index in [1.54, 1.807) is 31.2 Å². The standard InChI is InChI=1S/C14H15N3O4/c1-9(18)15-7-11-3-5-12(6-4-11)14(19)20-8-13-17-16-10(2)21-13/h3-6H,7-8H2,1-2H3,(H,15,18). The van der Waals surface area contributed by atoms with Crippen LogP contribution in [0.2, 0.25) is 0 Å². The van der Waals surface area contributed by atoms with Crippen molar-refractivity contribution in [2.24, 2.45) is 0 Å². The van der Waals surface area contributed by atoms with E-state index in [0.717, 1.165) is 5.56 Å². The van der Waals surface area contributed by atoms with Gasteiger partial charge in [-0.15, -0.1) is 10.2 Å². The van der Waals surface area contributed by atoms with Gasteiger partial charge in [-0.2, -0.15) is 0 Å². The van der Waals surface area contributed by atoms with Crippen LogP contribution in [0, 0.1) is 6.92 Å². The van der Waals surface area contributed by atoms with E-state index in [9.17, 15) is 9.59 Å². The predicted molar refractivity (Wildman–Crippen MR) is 72.1 cm³/mol. The summed E-state index contributed by atoms with van der Waals surface area (Å²) in [7, 11) is 0. The average molecular weight is 289 g/mol. The molecule has 2 aromatic rings. The molecule has 2 rings (SSSR count). The molecule has 0 aliphatic carbocycles. The van der Waals surface area contributed by atoms with Crippen molar-refractivity contribution in [1.82, 2.24) is 15.5 Å². The second kappa shape index (κ2) is 6.65. The Morgan fingerprint density at radius 1 is 1.24 bits per heavy atom. The van der Waals surface area contributed by atoms with Gasteiger partial charge in [-0.05, 0) is 17.7 Å². The molecule has 21 heavy (non-hydrogen) atoms. The number of rotatable bonds is 5. The molecule has 1 aromatic heterocycles. The molecule has 7 heteroatoms. The first-order valence-corrected chi connectivity index (χ1v) is 6.34. The van der Waals surface area contributed by atoms with Crippen molar-refractivity contribution in [1.29, 1.82) is 0 Å². The van der Waals surface area contributed by atoms with Crippen molar-refractivity contribution in [2.45, 2.75) is 27.0 Å². The molecule has 1 amide bonds. The summed E-state index contributed by atoms with van der Waals surface area (Å²) in [5.74, 6) is 0.0942. The van der Waals surface area contributed by atoms with Gasteiger partial charge in [-0.25, -0.2) is 4.79 Å². The number of amides is 1. The van der Waals surface area contributed by atoms with Crippen LogP contribution in [0.4, 0.5) is 0 Å².